The first-order valence-corrected chi connectivity index (χ1v) is 6.92. The number of fused-ring (bicyclic) bond motifs is 2. The average Bonchev–Trinajstić information content (AvgIpc) is 3.10. The molecule has 1 aromatic rings. The molecular formula is C16H18N2O2. The van der Waals surface area contributed by atoms with Crippen LogP contribution < -0.4 is 10.2 Å². The molecule has 3 rings (SSSR count). The van der Waals surface area contributed by atoms with Crippen molar-refractivity contribution < 1.29 is 9.53 Å². The maximum atomic E-state index is 12.0. The molecule has 1 fully saturated rings. The Labute approximate surface area is 118 Å². The highest BCUT2D eigenvalue weighted by Gasteiger charge is 2.34. The van der Waals surface area contributed by atoms with Crippen molar-refractivity contribution in [3.8, 4) is 5.75 Å². The lowest BCUT2D eigenvalue weighted by atomic mass is 9.95. The van der Waals surface area contributed by atoms with Crippen molar-refractivity contribution in [3.63, 3.8) is 0 Å². The summed E-state index contributed by atoms with van der Waals surface area (Å²) in [5.41, 5.74) is 3.14. The van der Waals surface area contributed by atoms with Gasteiger partial charge in [-0.15, -0.1) is 0 Å². The number of hydrogen-bond donors (Lipinski definition) is 1. The van der Waals surface area contributed by atoms with Gasteiger partial charge in [0.2, 0.25) is 0 Å². The minimum atomic E-state index is -0.209. The van der Waals surface area contributed by atoms with E-state index in [0.717, 1.165) is 6.42 Å². The van der Waals surface area contributed by atoms with Crippen molar-refractivity contribution in [2.24, 2.45) is 22.9 Å². The van der Waals surface area contributed by atoms with Gasteiger partial charge in [0.05, 0.1) is 7.11 Å². The van der Waals surface area contributed by atoms with Crippen LogP contribution in [0.1, 0.15) is 23.2 Å². The van der Waals surface area contributed by atoms with Crippen LogP contribution in [0.15, 0.2) is 41.5 Å². The highest BCUT2D eigenvalue weighted by molar-refractivity contribution is 5.94. The van der Waals surface area contributed by atoms with Crippen LogP contribution in [0.4, 0.5) is 0 Å². The second-order valence-corrected chi connectivity index (χ2v) is 5.40. The summed E-state index contributed by atoms with van der Waals surface area (Å²) in [7, 11) is 1.58. The van der Waals surface area contributed by atoms with Crippen LogP contribution in [0.2, 0.25) is 0 Å². The van der Waals surface area contributed by atoms with Crippen molar-refractivity contribution in [2.45, 2.75) is 12.8 Å². The van der Waals surface area contributed by atoms with Crippen molar-refractivity contribution in [2.75, 3.05) is 7.11 Å². The first-order valence-electron chi connectivity index (χ1n) is 6.92. The number of carbonyl (C=O) groups excluding carboxylic acids is 1. The lowest BCUT2D eigenvalue weighted by Gasteiger charge is -2.11. The number of carbonyl (C=O) groups is 1. The van der Waals surface area contributed by atoms with Gasteiger partial charge < -0.3 is 4.74 Å². The van der Waals surface area contributed by atoms with Gasteiger partial charge in [0, 0.05) is 17.7 Å². The molecule has 2 aliphatic rings. The minimum Gasteiger partial charge on any atom is -0.497 e. The molecule has 0 aromatic heterocycles. The fraction of sp³-hybridized carbons (Fsp3) is 0.375. The smallest absolute Gasteiger partial charge is 0.271 e. The number of rotatable bonds is 4. The Balaban J connectivity index is 1.57. The van der Waals surface area contributed by atoms with E-state index in [1.807, 2.05) is 12.3 Å². The van der Waals surface area contributed by atoms with Gasteiger partial charge >= 0.3 is 0 Å². The van der Waals surface area contributed by atoms with E-state index in [4.69, 9.17) is 4.74 Å². The molecular weight excluding hydrogens is 252 g/mol. The molecule has 1 N–H and O–H groups in total. The Morgan fingerprint density at radius 2 is 2.30 bits per heavy atom. The lowest BCUT2D eigenvalue weighted by Crippen LogP contribution is -2.19. The Morgan fingerprint density at radius 1 is 1.40 bits per heavy atom. The molecule has 0 saturated heterocycles. The molecule has 3 atom stereocenters. The number of nitrogens with zero attached hydrogens (tertiary/aromatic N) is 1. The third-order valence-corrected chi connectivity index (χ3v) is 4.09. The van der Waals surface area contributed by atoms with E-state index in [9.17, 15) is 4.79 Å². The number of allylic oxidation sites excluding steroid dienone is 2. The summed E-state index contributed by atoms with van der Waals surface area (Å²) in [6.45, 7) is 0. The number of nitrogens with one attached hydrogen (secondary N) is 1. The predicted octanol–water partition coefficient (Wildman–Crippen LogP) is 2.62. The molecule has 0 radical (unpaired) electrons. The van der Waals surface area contributed by atoms with E-state index in [2.05, 4.69) is 22.7 Å². The van der Waals surface area contributed by atoms with Gasteiger partial charge in [-0.25, -0.2) is 5.43 Å². The molecule has 104 valence electrons. The van der Waals surface area contributed by atoms with Gasteiger partial charge in [-0.1, -0.05) is 18.2 Å². The zero-order chi connectivity index (χ0) is 13.9. The number of hydrogen-bond acceptors (Lipinski definition) is 3. The third kappa shape index (κ3) is 2.59. The van der Waals surface area contributed by atoms with Gasteiger partial charge in [-0.3, -0.25) is 4.79 Å². The van der Waals surface area contributed by atoms with Crippen molar-refractivity contribution in [1.29, 1.82) is 0 Å². The highest BCUT2D eigenvalue weighted by atomic mass is 16.5. The summed E-state index contributed by atoms with van der Waals surface area (Å²) in [4.78, 5) is 12.0. The molecule has 0 aliphatic heterocycles. The SMILES string of the molecule is COc1cccc(C(=O)NN=CC2CC3C=CC2C3)c1. The summed E-state index contributed by atoms with van der Waals surface area (Å²) >= 11 is 0. The van der Waals surface area contributed by atoms with Gasteiger partial charge in [0.1, 0.15) is 5.75 Å². The topological polar surface area (TPSA) is 50.7 Å². The molecule has 1 amide bonds. The number of methoxy groups -OCH3 is 1. The fourth-order valence-electron chi connectivity index (χ4n) is 3.02. The maximum absolute atomic E-state index is 12.0. The van der Waals surface area contributed by atoms with Crippen LogP contribution in [-0.2, 0) is 0 Å². The Bertz CT molecular complexity index is 565. The molecule has 1 saturated carbocycles. The molecule has 2 bridgehead atoms. The molecule has 0 spiro atoms. The van der Waals surface area contributed by atoms with Crippen molar-refractivity contribution in [1.82, 2.24) is 5.43 Å². The van der Waals surface area contributed by atoms with E-state index in [1.165, 1.54) is 6.42 Å². The van der Waals surface area contributed by atoms with Gasteiger partial charge in [-0.2, -0.15) is 5.10 Å². The average molecular weight is 270 g/mol. The van der Waals surface area contributed by atoms with E-state index >= 15 is 0 Å². The van der Waals surface area contributed by atoms with Gasteiger partial charge in [0.25, 0.3) is 5.91 Å². The Kier molecular flexibility index (Phi) is 3.54. The Hall–Kier alpha value is -2.10. The van der Waals surface area contributed by atoms with Gasteiger partial charge in [-0.05, 0) is 42.9 Å². The minimum absolute atomic E-state index is 0.209. The lowest BCUT2D eigenvalue weighted by molar-refractivity contribution is 0.0954. The van der Waals surface area contributed by atoms with Crippen LogP contribution in [0, 0.1) is 17.8 Å². The summed E-state index contributed by atoms with van der Waals surface area (Å²) in [6, 6.07) is 7.04. The monoisotopic (exact) mass is 270 g/mol. The highest BCUT2D eigenvalue weighted by Crippen LogP contribution is 2.42. The molecule has 2 aliphatic carbocycles. The van der Waals surface area contributed by atoms with Crippen LogP contribution in [-0.4, -0.2) is 19.2 Å². The number of hydrazone groups is 1. The summed E-state index contributed by atoms with van der Waals surface area (Å²) in [5, 5.41) is 4.10. The Morgan fingerprint density at radius 3 is 3.00 bits per heavy atom. The number of ether oxygens (including phenoxy) is 1. The van der Waals surface area contributed by atoms with E-state index in [0.29, 0.717) is 29.1 Å². The fourth-order valence-corrected chi connectivity index (χ4v) is 3.02. The van der Waals surface area contributed by atoms with Crippen LogP contribution >= 0.6 is 0 Å². The number of amides is 1. The zero-order valence-electron chi connectivity index (χ0n) is 11.5. The first-order chi connectivity index (χ1) is 9.76. The molecule has 20 heavy (non-hydrogen) atoms. The normalized spacial score (nSPS) is 27.1. The molecule has 1 aromatic carbocycles. The summed E-state index contributed by atoms with van der Waals surface area (Å²) < 4.78 is 5.10. The van der Waals surface area contributed by atoms with Gasteiger partial charge in [0.15, 0.2) is 0 Å². The second-order valence-electron chi connectivity index (χ2n) is 5.40. The molecule has 4 nitrogen and oxygen atoms in total. The van der Waals surface area contributed by atoms with Crippen LogP contribution in [0.25, 0.3) is 0 Å². The second kappa shape index (κ2) is 5.49. The molecule has 3 unspecified atom stereocenters. The number of benzene rings is 1. The zero-order valence-corrected chi connectivity index (χ0v) is 11.5. The summed E-state index contributed by atoms with van der Waals surface area (Å²) in [6.07, 6.45) is 8.84. The van der Waals surface area contributed by atoms with Crippen LogP contribution in [0.5, 0.6) is 5.75 Å². The van der Waals surface area contributed by atoms with E-state index in [-0.39, 0.29) is 5.91 Å². The molecule has 0 heterocycles. The van der Waals surface area contributed by atoms with E-state index < -0.39 is 0 Å². The third-order valence-electron chi connectivity index (χ3n) is 4.09. The van der Waals surface area contributed by atoms with E-state index in [1.54, 1.807) is 25.3 Å². The quantitative estimate of drug-likeness (QED) is 0.519. The largest absolute Gasteiger partial charge is 0.497 e. The van der Waals surface area contributed by atoms with Crippen molar-refractivity contribution >= 4 is 12.1 Å². The summed E-state index contributed by atoms with van der Waals surface area (Å²) in [5.74, 6) is 2.25. The maximum Gasteiger partial charge on any atom is 0.271 e. The first kappa shape index (κ1) is 12.9. The van der Waals surface area contributed by atoms with Crippen LogP contribution in [0.3, 0.4) is 0 Å². The molecule has 4 heteroatoms. The van der Waals surface area contributed by atoms with Crippen molar-refractivity contribution in [3.05, 3.63) is 42.0 Å². The predicted molar refractivity (Wildman–Crippen MR) is 77.8 cm³/mol. The standard InChI is InChI=1S/C16H18N2O2/c1-20-15-4-2-3-13(9-15)16(19)18-17-10-14-8-11-5-6-12(14)7-11/h2-6,9-12,14H,7-8H2,1H3,(H,18,19).